The van der Waals surface area contributed by atoms with E-state index in [-0.39, 0.29) is 24.8 Å². The number of carbonyl (C=O) groups excluding carboxylic acids is 2. The average Bonchev–Trinajstić information content (AvgIpc) is 3.37. The summed E-state index contributed by atoms with van der Waals surface area (Å²) in [6.45, 7) is 4.36. The third-order valence-corrected chi connectivity index (χ3v) is 6.22. The van der Waals surface area contributed by atoms with Crippen LogP contribution >= 0.6 is 0 Å². The van der Waals surface area contributed by atoms with Gasteiger partial charge in [0.15, 0.2) is 0 Å². The summed E-state index contributed by atoms with van der Waals surface area (Å²) in [6.07, 6.45) is -3.36. The average molecular weight is 507 g/mol. The summed E-state index contributed by atoms with van der Waals surface area (Å²) in [4.78, 5) is 30.3. The highest BCUT2D eigenvalue weighted by Crippen LogP contribution is 2.34. The highest BCUT2D eigenvalue weighted by molar-refractivity contribution is 5.89. The van der Waals surface area contributed by atoms with E-state index in [2.05, 4.69) is 0 Å². The Bertz CT molecular complexity index is 1030. The predicted octanol–water partition coefficient (Wildman–Crippen LogP) is 5.42. The number of methoxy groups -OCH3 is 1. The monoisotopic (exact) mass is 506 g/mol. The summed E-state index contributed by atoms with van der Waals surface area (Å²) >= 11 is 0. The number of carbonyl (C=O) groups is 2. The van der Waals surface area contributed by atoms with E-state index in [9.17, 15) is 22.8 Å². The molecular formula is C27H33F3N2O4. The number of hydrogen-bond donors (Lipinski definition) is 0. The molecule has 0 aromatic heterocycles. The summed E-state index contributed by atoms with van der Waals surface area (Å²) in [5.41, 5.74) is 0.154. The molecule has 9 heteroatoms. The molecule has 0 aliphatic carbocycles. The van der Waals surface area contributed by atoms with Gasteiger partial charge in [0.25, 0.3) is 5.91 Å². The molecule has 0 radical (unpaired) electrons. The lowest BCUT2D eigenvalue weighted by atomic mass is 9.99. The molecule has 36 heavy (non-hydrogen) atoms. The van der Waals surface area contributed by atoms with Crippen LogP contribution in [0.5, 0.6) is 5.75 Å². The first-order chi connectivity index (χ1) is 17.0. The second kappa shape index (κ2) is 11.8. The standard InChI is InChI=1S/C27H33F3N2O4/c1-18(2)16-23(33)32(17-20-8-5-6-9-22(20)35-4)25(26(34)31(3)24-10-7-15-36-24)19-11-13-21(14-12-19)27(28,29)30/h5-6,8-9,11-14,18,24-25H,7,10,15-17H2,1-4H3. The smallest absolute Gasteiger partial charge is 0.416 e. The molecule has 2 aromatic rings. The maximum absolute atomic E-state index is 13.9. The Labute approximate surface area is 210 Å². The predicted molar refractivity (Wildman–Crippen MR) is 129 cm³/mol. The third kappa shape index (κ3) is 6.57. The zero-order valence-electron chi connectivity index (χ0n) is 21.0. The molecule has 1 heterocycles. The number of likely N-dealkylation sites (N-methyl/N-ethyl adjacent to an activating group) is 1. The lowest BCUT2D eigenvalue weighted by molar-refractivity contribution is -0.153. The highest BCUT2D eigenvalue weighted by atomic mass is 19.4. The summed E-state index contributed by atoms with van der Waals surface area (Å²) in [6, 6.07) is 10.4. The van der Waals surface area contributed by atoms with Gasteiger partial charge in [-0.3, -0.25) is 9.59 Å². The molecule has 1 aliphatic rings. The van der Waals surface area contributed by atoms with E-state index in [0.717, 1.165) is 18.6 Å². The van der Waals surface area contributed by atoms with Crippen LogP contribution in [0.4, 0.5) is 13.2 Å². The van der Waals surface area contributed by atoms with Gasteiger partial charge in [0.1, 0.15) is 18.0 Å². The molecule has 0 bridgehead atoms. The molecule has 3 rings (SSSR count). The number of ether oxygens (including phenoxy) is 2. The minimum atomic E-state index is -4.52. The second-order valence-electron chi connectivity index (χ2n) is 9.37. The molecule has 0 spiro atoms. The van der Waals surface area contributed by atoms with Crippen LogP contribution in [-0.2, 0) is 27.0 Å². The SMILES string of the molecule is COc1ccccc1CN(C(=O)CC(C)C)C(C(=O)N(C)C1CCCO1)c1ccc(C(F)(F)F)cc1. The highest BCUT2D eigenvalue weighted by Gasteiger charge is 2.38. The first-order valence-electron chi connectivity index (χ1n) is 12.0. The van der Waals surface area contributed by atoms with Gasteiger partial charge >= 0.3 is 6.18 Å². The Balaban J connectivity index is 2.09. The van der Waals surface area contributed by atoms with E-state index >= 15 is 0 Å². The fourth-order valence-electron chi connectivity index (χ4n) is 4.32. The number of hydrogen-bond acceptors (Lipinski definition) is 4. The van der Waals surface area contributed by atoms with Crippen LogP contribution in [0.3, 0.4) is 0 Å². The fraction of sp³-hybridized carbons (Fsp3) is 0.481. The van der Waals surface area contributed by atoms with Gasteiger partial charge in [-0.2, -0.15) is 13.2 Å². The molecule has 196 valence electrons. The lowest BCUT2D eigenvalue weighted by Crippen LogP contribution is -2.47. The first-order valence-corrected chi connectivity index (χ1v) is 12.0. The number of alkyl halides is 3. The van der Waals surface area contributed by atoms with Crippen LogP contribution in [0.1, 0.15) is 55.8 Å². The largest absolute Gasteiger partial charge is 0.496 e. The quantitative estimate of drug-likeness (QED) is 0.456. The van der Waals surface area contributed by atoms with Gasteiger partial charge in [0.2, 0.25) is 5.91 Å². The van der Waals surface area contributed by atoms with Crippen molar-refractivity contribution in [2.24, 2.45) is 5.92 Å². The zero-order chi connectivity index (χ0) is 26.5. The normalized spacial score (nSPS) is 16.6. The van der Waals surface area contributed by atoms with E-state index in [1.807, 2.05) is 13.8 Å². The van der Waals surface area contributed by atoms with Crippen LogP contribution in [0.25, 0.3) is 0 Å². The molecule has 6 nitrogen and oxygen atoms in total. The molecule has 0 saturated carbocycles. The van der Waals surface area contributed by atoms with Gasteiger partial charge in [-0.1, -0.05) is 44.2 Å². The van der Waals surface area contributed by atoms with Crippen molar-refractivity contribution in [2.75, 3.05) is 20.8 Å². The number of halogens is 3. The van der Waals surface area contributed by atoms with Crippen molar-refractivity contribution in [2.45, 2.75) is 58.1 Å². The summed E-state index contributed by atoms with van der Waals surface area (Å²) in [5, 5.41) is 0. The van der Waals surface area contributed by atoms with Crippen LogP contribution in [0.15, 0.2) is 48.5 Å². The Morgan fingerprint density at radius 3 is 2.33 bits per heavy atom. The van der Waals surface area contributed by atoms with Crippen molar-refractivity contribution < 1.29 is 32.2 Å². The Morgan fingerprint density at radius 1 is 1.11 bits per heavy atom. The molecule has 2 atom stereocenters. The van der Waals surface area contributed by atoms with Gasteiger partial charge in [0.05, 0.1) is 19.2 Å². The van der Waals surface area contributed by atoms with Crippen molar-refractivity contribution in [3.05, 3.63) is 65.2 Å². The van der Waals surface area contributed by atoms with Crippen LogP contribution in [-0.4, -0.2) is 48.6 Å². The molecule has 2 amide bonds. The first kappa shape index (κ1) is 27.5. The van der Waals surface area contributed by atoms with E-state index in [4.69, 9.17) is 9.47 Å². The Morgan fingerprint density at radius 2 is 1.78 bits per heavy atom. The van der Waals surface area contributed by atoms with Crippen LogP contribution < -0.4 is 4.74 Å². The molecule has 2 aromatic carbocycles. The second-order valence-corrected chi connectivity index (χ2v) is 9.37. The summed E-state index contributed by atoms with van der Waals surface area (Å²) in [5.74, 6) is -0.147. The minimum absolute atomic E-state index is 0.0110. The van der Waals surface area contributed by atoms with Crippen molar-refractivity contribution >= 4 is 11.8 Å². The van der Waals surface area contributed by atoms with Gasteiger partial charge in [-0.25, -0.2) is 0 Å². The van der Waals surface area contributed by atoms with Crippen molar-refractivity contribution in [1.82, 2.24) is 9.80 Å². The topological polar surface area (TPSA) is 59.1 Å². The van der Waals surface area contributed by atoms with Crippen molar-refractivity contribution in [3.8, 4) is 5.75 Å². The van der Waals surface area contributed by atoms with E-state index in [1.54, 1.807) is 31.3 Å². The maximum atomic E-state index is 13.9. The molecule has 1 aliphatic heterocycles. The summed E-state index contributed by atoms with van der Waals surface area (Å²) < 4.78 is 50.9. The van der Waals surface area contributed by atoms with Gasteiger partial charge in [-0.15, -0.1) is 0 Å². The minimum Gasteiger partial charge on any atom is -0.496 e. The number of benzene rings is 2. The fourth-order valence-corrected chi connectivity index (χ4v) is 4.32. The van der Waals surface area contributed by atoms with E-state index in [1.165, 1.54) is 29.0 Å². The van der Waals surface area contributed by atoms with Crippen LogP contribution in [0.2, 0.25) is 0 Å². The Hall–Kier alpha value is -3.07. The molecule has 2 unspecified atom stereocenters. The van der Waals surface area contributed by atoms with Gasteiger partial charge in [-0.05, 0) is 42.5 Å². The van der Waals surface area contributed by atoms with Crippen molar-refractivity contribution in [3.63, 3.8) is 0 Å². The van der Waals surface area contributed by atoms with Crippen LogP contribution in [0, 0.1) is 5.92 Å². The number of rotatable bonds is 9. The van der Waals surface area contributed by atoms with E-state index in [0.29, 0.717) is 29.9 Å². The zero-order valence-corrected chi connectivity index (χ0v) is 21.0. The summed E-state index contributed by atoms with van der Waals surface area (Å²) in [7, 11) is 3.12. The number of nitrogens with zero attached hydrogens (tertiary/aromatic N) is 2. The molecule has 1 saturated heterocycles. The van der Waals surface area contributed by atoms with Gasteiger partial charge < -0.3 is 19.3 Å². The molecule has 0 N–H and O–H groups in total. The third-order valence-electron chi connectivity index (χ3n) is 6.22. The number of amides is 2. The molecule has 1 fully saturated rings. The number of para-hydroxylation sites is 1. The lowest BCUT2D eigenvalue weighted by Gasteiger charge is -2.36. The van der Waals surface area contributed by atoms with E-state index < -0.39 is 29.9 Å². The molecular weight excluding hydrogens is 473 g/mol. The maximum Gasteiger partial charge on any atom is 0.416 e. The van der Waals surface area contributed by atoms with Crippen molar-refractivity contribution in [1.29, 1.82) is 0 Å². The Kier molecular flexibility index (Phi) is 9.00. The van der Waals surface area contributed by atoms with Gasteiger partial charge in [0, 0.05) is 25.6 Å².